The van der Waals surface area contributed by atoms with Crippen molar-refractivity contribution in [1.82, 2.24) is 20.3 Å². The predicted molar refractivity (Wildman–Crippen MR) is 267 cm³/mol. The van der Waals surface area contributed by atoms with E-state index in [1.54, 1.807) is 20.8 Å². The molecule has 2 saturated heterocycles. The predicted octanol–water partition coefficient (Wildman–Crippen LogP) is 3.77. The van der Waals surface area contributed by atoms with Crippen LogP contribution in [0.5, 0.6) is 0 Å². The number of ether oxygens (including phenoxy) is 12. The Morgan fingerprint density at radius 2 is 1.12 bits per heavy atom. The number of alkyl carbamates (subject to hydrolysis) is 1. The van der Waals surface area contributed by atoms with Crippen LogP contribution in [0.4, 0.5) is 4.79 Å². The van der Waals surface area contributed by atoms with E-state index in [0.717, 1.165) is 82.5 Å². The van der Waals surface area contributed by atoms with Gasteiger partial charge in [-0.25, -0.2) is 4.79 Å². The number of carbonyl (C=O) groups is 9. The molecule has 0 bridgehead atoms. The quantitative estimate of drug-likeness (QED) is 0.117. The number of benzene rings is 2. The molecular weight excluding hydrogens is 1050 g/mol. The van der Waals surface area contributed by atoms with Crippen molar-refractivity contribution in [2.45, 2.75) is 166 Å². The van der Waals surface area contributed by atoms with Crippen LogP contribution < -0.4 is 5.32 Å². The molecule has 0 saturated carbocycles. The summed E-state index contributed by atoms with van der Waals surface area (Å²) in [4.78, 5) is 114. The van der Waals surface area contributed by atoms with Crippen molar-refractivity contribution in [2.75, 3.05) is 19.8 Å². The minimum atomic E-state index is -1.85. The van der Waals surface area contributed by atoms with E-state index >= 15 is 0 Å². The number of hydrogen-bond acceptors (Lipinski definition) is 24. The molecule has 2 aromatic carbocycles. The third-order valence-electron chi connectivity index (χ3n) is 11.8. The van der Waals surface area contributed by atoms with Gasteiger partial charge in [-0.05, 0) is 43.0 Å². The molecule has 0 spiro atoms. The van der Waals surface area contributed by atoms with Gasteiger partial charge in [0.15, 0.2) is 36.8 Å². The van der Waals surface area contributed by atoms with Gasteiger partial charge in [-0.3, -0.25) is 43.0 Å². The van der Waals surface area contributed by atoms with Gasteiger partial charge in [0.05, 0.1) is 24.7 Å². The number of aromatic nitrogens is 3. The summed E-state index contributed by atoms with van der Waals surface area (Å²) in [6, 6.07) is 14.9. The number of carbonyl (C=O) groups excluding carboxylic acids is 9. The van der Waals surface area contributed by atoms with E-state index in [9.17, 15) is 43.2 Å². The molecule has 78 heavy (non-hydrogen) atoms. The first-order chi connectivity index (χ1) is 36.8. The van der Waals surface area contributed by atoms with Crippen molar-refractivity contribution in [3.63, 3.8) is 0 Å². The highest BCUT2D eigenvalue weighted by Crippen LogP contribution is 2.45. The fraction of sp³-hybridized carbons (Fsp3) is 0.558. The Kier molecular flexibility index (Phi) is 20.7. The van der Waals surface area contributed by atoms with E-state index in [-0.39, 0.29) is 31.2 Å². The molecular formula is C52H64N4O21S. The van der Waals surface area contributed by atoms with Gasteiger partial charge < -0.3 is 62.2 Å². The van der Waals surface area contributed by atoms with Crippen LogP contribution in [0.15, 0.2) is 54.7 Å². The molecule has 2 fully saturated rings. The van der Waals surface area contributed by atoms with E-state index in [1.165, 1.54) is 10.9 Å². The standard InChI is InChI=1S/C52H64N4O21S/c1-26(57)66-23-40-43(69-28(3)59)45(70-29(4)60)47(72-31(6)62)49(74-40)76-44-41(24-67-27(2)58)75-50(48(73-32(7)63)46(44)71-30(5)61)78-25-34-21-56(55-54-34)20-33(19-42(64)77-52(8,9)10)53-51(65)68-22-39-37-17-13-11-15-35(37)36-16-12-14-18-38(36)39/h11-18,21,33,39-41,43-50H,19-20,22-25H2,1-10H3,(H,53,65)/t33-,40+,41+,43-,44+,45-,46-,47+,48+,49-,50-/m0/s1. The van der Waals surface area contributed by atoms with E-state index in [4.69, 9.17) is 56.8 Å². The Morgan fingerprint density at radius 3 is 1.65 bits per heavy atom. The van der Waals surface area contributed by atoms with Crippen LogP contribution in [0.25, 0.3) is 11.1 Å². The molecule has 3 heterocycles. The van der Waals surface area contributed by atoms with Gasteiger partial charge in [0, 0.05) is 66.3 Å². The zero-order valence-electron chi connectivity index (χ0n) is 44.7. The minimum absolute atomic E-state index is 0.0180. The SMILES string of the molecule is CC(=O)OC[C@H]1O[C@@H](O[C@H]2[C@H](OC(C)=O)[C@@H](OC(C)=O)[C@H](SCc3cn(C[C@H](CC(=O)OC(C)(C)C)NC(=O)OCC4c5ccccc5-c5ccccc54)nn3)O[C@@H]2COC(C)=O)[C@H](OC(C)=O)[C@@H](OC(C)=O)[C@H]1OC(C)=O. The fourth-order valence-corrected chi connectivity index (χ4v) is 10.1. The number of thioether (sulfide) groups is 1. The van der Waals surface area contributed by atoms with E-state index in [0.29, 0.717) is 5.69 Å². The Morgan fingerprint density at radius 1 is 0.615 bits per heavy atom. The van der Waals surface area contributed by atoms with Crippen LogP contribution in [0.3, 0.4) is 0 Å². The average molecular weight is 1110 g/mol. The Bertz CT molecular complexity index is 2630. The van der Waals surface area contributed by atoms with Gasteiger partial charge >= 0.3 is 53.8 Å². The summed E-state index contributed by atoms with van der Waals surface area (Å²) < 4.78 is 70.6. The second kappa shape index (κ2) is 26.9. The lowest BCUT2D eigenvalue weighted by atomic mass is 9.96. The first kappa shape index (κ1) is 60.1. The summed E-state index contributed by atoms with van der Waals surface area (Å²) in [6.45, 7) is 11.3. The van der Waals surface area contributed by atoms with Gasteiger partial charge in [-0.2, -0.15) is 0 Å². The van der Waals surface area contributed by atoms with Crippen molar-refractivity contribution >= 4 is 65.6 Å². The molecule has 0 unspecified atom stereocenters. The first-order valence-corrected chi connectivity index (χ1v) is 25.8. The second-order valence-electron chi connectivity index (χ2n) is 19.4. The summed E-state index contributed by atoms with van der Waals surface area (Å²) in [5, 5.41) is 11.3. The van der Waals surface area contributed by atoms with Crippen LogP contribution in [0, 0.1) is 0 Å². The molecule has 1 aromatic heterocycles. The lowest BCUT2D eigenvalue weighted by molar-refractivity contribution is -0.341. The van der Waals surface area contributed by atoms with Crippen LogP contribution in [-0.2, 0) is 107 Å². The van der Waals surface area contributed by atoms with E-state index in [1.807, 2.05) is 48.5 Å². The summed E-state index contributed by atoms with van der Waals surface area (Å²) in [6.07, 6.45) is -14.0. The van der Waals surface area contributed by atoms with Gasteiger partial charge in [0.1, 0.15) is 49.2 Å². The Labute approximate surface area is 453 Å². The van der Waals surface area contributed by atoms with Crippen LogP contribution in [0.2, 0.25) is 0 Å². The zero-order valence-corrected chi connectivity index (χ0v) is 45.5. The van der Waals surface area contributed by atoms with Crippen LogP contribution >= 0.6 is 11.8 Å². The maximum atomic E-state index is 13.5. The molecule has 1 N–H and O–H groups in total. The fourth-order valence-electron chi connectivity index (χ4n) is 9.05. The molecule has 25 nitrogen and oxygen atoms in total. The number of esters is 8. The number of fused-ring (bicyclic) bond motifs is 3. The minimum Gasteiger partial charge on any atom is -0.463 e. The van der Waals surface area contributed by atoms with Gasteiger partial charge in [-0.15, -0.1) is 16.9 Å². The second-order valence-corrected chi connectivity index (χ2v) is 20.4. The lowest BCUT2D eigenvalue weighted by Gasteiger charge is -2.48. The molecule has 6 rings (SSSR count). The Hall–Kier alpha value is -7.16. The van der Waals surface area contributed by atoms with Crippen molar-refractivity contribution in [2.24, 2.45) is 0 Å². The van der Waals surface area contributed by atoms with Gasteiger partial charge in [-0.1, -0.05) is 53.7 Å². The van der Waals surface area contributed by atoms with Crippen molar-refractivity contribution in [3.8, 4) is 11.1 Å². The molecule has 26 heteroatoms. The number of nitrogens with zero attached hydrogens (tertiary/aromatic N) is 3. The van der Waals surface area contributed by atoms with E-state index in [2.05, 4.69) is 15.6 Å². The largest absolute Gasteiger partial charge is 0.463 e. The third-order valence-corrected chi connectivity index (χ3v) is 12.9. The zero-order chi connectivity index (χ0) is 57.0. The number of hydrogen-bond donors (Lipinski definition) is 1. The van der Waals surface area contributed by atoms with E-state index < -0.39 is 139 Å². The lowest BCUT2D eigenvalue weighted by Crippen LogP contribution is -2.66. The molecule has 11 atom stereocenters. The average Bonchev–Trinajstić information content (AvgIpc) is 4.00. The Balaban J connectivity index is 1.24. The highest BCUT2D eigenvalue weighted by molar-refractivity contribution is 7.99. The number of rotatable bonds is 21. The van der Waals surface area contributed by atoms with Gasteiger partial charge in [0.25, 0.3) is 0 Å². The summed E-state index contributed by atoms with van der Waals surface area (Å²) in [5.41, 5.74) is 2.36. The highest BCUT2D eigenvalue weighted by Gasteiger charge is 2.57. The highest BCUT2D eigenvalue weighted by atomic mass is 32.2. The maximum Gasteiger partial charge on any atom is 0.407 e. The monoisotopic (exact) mass is 1110 g/mol. The maximum absolute atomic E-state index is 13.5. The molecule has 1 aliphatic carbocycles. The van der Waals surface area contributed by atoms with Crippen LogP contribution in [0.1, 0.15) is 98.4 Å². The normalized spacial score (nSPS) is 23.9. The topological polar surface area (TPSA) is 307 Å². The summed E-state index contributed by atoms with van der Waals surface area (Å²) >= 11 is 0.997. The van der Waals surface area contributed by atoms with Gasteiger partial charge in [0.2, 0.25) is 0 Å². The first-order valence-electron chi connectivity index (χ1n) is 24.8. The summed E-state index contributed by atoms with van der Waals surface area (Å²) in [7, 11) is 0. The number of nitrogens with one attached hydrogen (secondary N) is 1. The summed E-state index contributed by atoms with van der Waals surface area (Å²) in [5.74, 6) is -6.91. The molecule has 1 amide bonds. The molecule has 3 aromatic rings. The molecule has 0 radical (unpaired) electrons. The van der Waals surface area contributed by atoms with Crippen molar-refractivity contribution < 1.29 is 100.0 Å². The number of amides is 1. The molecule has 3 aliphatic rings. The molecule has 2 aliphatic heterocycles. The molecule has 424 valence electrons. The smallest absolute Gasteiger partial charge is 0.407 e. The van der Waals surface area contributed by atoms with Crippen molar-refractivity contribution in [3.05, 3.63) is 71.5 Å². The third kappa shape index (κ3) is 16.9. The van der Waals surface area contributed by atoms with Crippen LogP contribution in [-0.4, -0.2) is 161 Å². The van der Waals surface area contributed by atoms with Crippen molar-refractivity contribution in [1.29, 1.82) is 0 Å².